The molecular formula is C12H16N4O. The number of fused-ring (bicyclic) bond motifs is 1. The van der Waals surface area contributed by atoms with Crippen molar-refractivity contribution >= 4 is 16.9 Å². The second kappa shape index (κ2) is 4.55. The summed E-state index contributed by atoms with van der Waals surface area (Å²) in [5.41, 5.74) is 8.21. The molecule has 0 bridgehead atoms. The average molecular weight is 232 g/mol. The quantitative estimate of drug-likeness (QED) is 0.738. The Kier molecular flexibility index (Phi) is 3.10. The van der Waals surface area contributed by atoms with Crippen molar-refractivity contribution in [3.63, 3.8) is 0 Å². The number of aryl methyl sites for hydroxylation is 1. The second-order valence-electron chi connectivity index (χ2n) is 4.09. The van der Waals surface area contributed by atoms with E-state index in [0.717, 1.165) is 22.4 Å². The molecule has 0 aliphatic heterocycles. The predicted octanol–water partition coefficient (Wildman–Crippen LogP) is 1.01. The number of aromatic nitrogens is 2. The molecule has 2 aromatic rings. The first-order valence-corrected chi connectivity index (χ1v) is 5.56. The van der Waals surface area contributed by atoms with Gasteiger partial charge in [-0.05, 0) is 31.5 Å². The van der Waals surface area contributed by atoms with E-state index in [9.17, 15) is 4.79 Å². The van der Waals surface area contributed by atoms with Gasteiger partial charge in [0.2, 0.25) is 5.91 Å². The molecule has 1 heterocycles. The summed E-state index contributed by atoms with van der Waals surface area (Å²) >= 11 is 0. The van der Waals surface area contributed by atoms with Gasteiger partial charge >= 0.3 is 0 Å². The molecule has 0 saturated heterocycles. The van der Waals surface area contributed by atoms with Crippen molar-refractivity contribution in [3.8, 4) is 0 Å². The number of carbonyl (C=O) groups excluding carboxylic acids is 1. The number of amides is 1. The van der Waals surface area contributed by atoms with Crippen LogP contribution in [-0.4, -0.2) is 22.4 Å². The maximum Gasteiger partial charge on any atom is 0.234 e. The third kappa shape index (κ3) is 2.45. The molecule has 1 amide bonds. The monoisotopic (exact) mass is 232 g/mol. The molecule has 0 radical (unpaired) electrons. The van der Waals surface area contributed by atoms with Crippen molar-refractivity contribution in [1.29, 1.82) is 0 Å². The Morgan fingerprint density at radius 2 is 2.35 bits per heavy atom. The number of aromatic amines is 1. The minimum absolute atomic E-state index is 0.00967. The number of nitrogens with two attached hydrogens (primary N) is 1. The fourth-order valence-electron chi connectivity index (χ4n) is 1.81. The third-order valence-electron chi connectivity index (χ3n) is 2.69. The van der Waals surface area contributed by atoms with Gasteiger partial charge in [-0.25, -0.2) is 4.98 Å². The van der Waals surface area contributed by atoms with Gasteiger partial charge in [-0.1, -0.05) is 6.07 Å². The summed E-state index contributed by atoms with van der Waals surface area (Å²) in [5, 5.41) is 2.82. The van der Waals surface area contributed by atoms with Crippen molar-refractivity contribution in [3.05, 3.63) is 29.6 Å². The molecule has 5 heteroatoms. The lowest BCUT2D eigenvalue weighted by molar-refractivity contribution is -0.120. The normalized spacial score (nSPS) is 12.6. The summed E-state index contributed by atoms with van der Waals surface area (Å²) in [6.07, 6.45) is 0. The van der Waals surface area contributed by atoms with E-state index in [-0.39, 0.29) is 18.5 Å². The van der Waals surface area contributed by atoms with E-state index < -0.39 is 0 Å². The maximum atomic E-state index is 11.2. The molecular weight excluding hydrogens is 216 g/mol. The number of H-pyrrole nitrogens is 1. The minimum atomic E-state index is -0.154. The molecule has 5 nitrogen and oxygen atoms in total. The number of nitrogens with one attached hydrogen (secondary N) is 2. The number of imidazole rings is 1. The van der Waals surface area contributed by atoms with Crippen LogP contribution < -0.4 is 11.1 Å². The highest BCUT2D eigenvalue weighted by atomic mass is 16.1. The largest absolute Gasteiger partial charge is 0.348 e. The molecule has 0 saturated carbocycles. The average Bonchev–Trinajstić information content (AvgIpc) is 2.67. The van der Waals surface area contributed by atoms with E-state index in [1.54, 1.807) is 0 Å². The van der Waals surface area contributed by atoms with Gasteiger partial charge in [0, 0.05) is 0 Å². The van der Waals surface area contributed by atoms with Gasteiger partial charge in [-0.2, -0.15) is 0 Å². The molecule has 1 aromatic heterocycles. The third-order valence-corrected chi connectivity index (χ3v) is 2.69. The van der Waals surface area contributed by atoms with Crippen molar-refractivity contribution in [1.82, 2.24) is 15.3 Å². The molecule has 0 aliphatic rings. The van der Waals surface area contributed by atoms with E-state index in [1.807, 2.05) is 32.0 Å². The Morgan fingerprint density at radius 1 is 1.59 bits per heavy atom. The van der Waals surface area contributed by atoms with Gasteiger partial charge in [-0.3, -0.25) is 4.79 Å². The highest BCUT2D eigenvalue weighted by Gasteiger charge is 2.09. The van der Waals surface area contributed by atoms with Gasteiger partial charge in [0.15, 0.2) is 0 Å². The van der Waals surface area contributed by atoms with Crippen LogP contribution in [0.1, 0.15) is 24.4 Å². The number of carbonyl (C=O) groups is 1. The van der Waals surface area contributed by atoms with Crippen LogP contribution in [0, 0.1) is 6.92 Å². The Labute approximate surface area is 99.4 Å². The molecule has 0 aliphatic carbocycles. The molecule has 1 unspecified atom stereocenters. The van der Waals surface area contributed by atoms with Crippen LogP contribution in [0.25, 0.3) is 11.0 Å². The number of rotatable bonds is 3. The minimum Gasteiger partial charge on any atom is -0.348 e. The van der Waals surface area contributed by atoms with Crippen LogP contribution in [0.15, 0.2) is 18.2 Å². The summed E-state index contributed by atoms with van der Waals surface area (Å²) in [7, 11) is 0. The van der Waals surface area contributed by atoms with Crippen molar-refractivity contribution in [2.24, 2.45) is 5.73 Å². The Morgan fingerprint density at radius 3 is 3.06 bits per heavy atom. The van der Waals surface area contributed by atoms with Crippen molar-refractivity contribution in [2.45, 2.75) is 19.9 Å². The number of hydrogen-bond acceptors (Lipinski definition) is 3. The lowest BCUT2D eigenvalue weighted by Crippen LogP contribution is -2.32. The number of benzene rings is 1. The number of hydrogen-bond donors (Lipinski definition) is 3. The summed E-state index contributed by atoms with van der Waals surface area (Å²) in [6.45, 7) is 3.85. The van der Waals surface area contributed by atoms with Crippen molar-refractivity contribution < 1.29 is 4.79 Å². The Hall–Kier alpha value is -1.88. The predicted molar refractivity (Wildman–Crippen MR) is 66.4 cm³/mol. The van der Waals surface area contributed by atoms with Crippen LogP contribution in [0.5, 0.6) is 0 Å². The molecule has 1 atom stereocenters. The first-order valence-electron chi connectivity index (χ1n) is 5.56. The fraction of sp³-hybridized carbons (Fsp3) is 0.333. The number of nitrogens with zero attached hydrogens (tertiary/aromatic N) is 1. The van der Waals surface area contributed by atoms with Crippen LogP contribution in [-0.2, 0) is 4.79 Å². The van der Waals surface area contributed by atoms with E-state index >= 15 is 0 Å². The molecule has 90 valence electrons. The standard InChI is InChI=1S/C12H16N4O/c1-7(14-12(17)6-13)9-3-4-10-11(5-9)16-8(2)15-10/h3-5,7H,6,13H2,1-2H3,(H,14,17)(H,15,16). The highest BCUT2D eigenvalue weighted by Crippen LogP contribution is 2.18. The zero-order chi connectivity index (χ0) is 12.4. The van der Waals surface area contributed by atoms with Crippen molar-refractivity contribution in [2.75, 3.05) is 6.54 Å². The van der Waals surface area contributed by atoms with Gasteiger partial charge in [0.05, 0.1) is 23.6 Å². The molecule has 17 heavy (non-hydrogen) atoms. The fourth-order valence-corrected chi connectivity index (χ4v) is 1.81. The lowest BCUT2D eigenvalue weighted by atomic mass is 10.1. The highest BCUT2D eigenvalue weighted by molar-refractivity contribution is 5.79. The van der Waals surface area contributed by atoms with E-state index in [0.29, 0.717) is 0 Å². The van der Waals surface area contributed by atoms with Gasteiger partial charge in [0.25, 0.3) is 0 Å². The first kappa shape index (κ1) is 11.6. The van der Waals surface area contributed by atoms with Crippen LogP contribution in [0.2, 0.25) is 0 Å². The molecule has 0 fully saturated rings. The van der Waals surface area contributed by atoms with E-state index in [1.165, 1.54) is 0 Å². The summed E-state index contributed by atoms with van der Waals surface area (Å²) in [4.78, 5) is 18.7. The molecule has 0 spiro atoms. The summed E-state index contributed by atoms with van der Waals surface area (Å²) in [6, 6.07) is 5.85. The SMILES string of the molecule is Cc1nc2ccc(C(C)NC(=O)CN)cc2[nH]1. The zero-order valence-corrected chi connectivity index (χ0v) is 9.95. The van der Waals surface area contributed by atoms with E-state index in [2.05, 4.69) is 15.3 Å². The Balaban J connectivity index is 2.26. The summed E-state index contributed by atoms with van der Waals surface area (Å²) < 4.78 is 0. The Bertz CT molecular complexity index is 546. The molecule has 1 aromatic carbocycles. The smallest absolute Gasteiger partial charge is 0.234 e. The van der Waals surface area contributed by atoms with Gasteiger partial charge < -0.3 is 16.0 Å². The summed E-state index contributed by atoms with van der Waals surface area (Å²) in [5.74, 6) is 0.731. The second-order valence-corrected chi connectivity index (χ2v) is 4.09. The zero-order valence-electron chi connectivity index (χ0n) is 9.95. The molecule has 2 rings (SSSR count). The lowest BCUT2D eigenvalue weighted by Gasteiger charge is -2.13. The van der Waals surface area contributed by atoms with Gasteiger partial charge in [0.1, 0.15) is 5.82 Å². The molecule has 4 N–H and O–H groups in total. The van der Waals surface area contributed by atoms with E-state index in [4.69, 9.17) is 5.73 Å². The van der Waals surface area contributed by atoms with Gasteiger partial charge in [-0.15, -0.1) is 0 Å². The van der Waals surface area contributed by atoms with Crippen LogP contribution in [0.4, 0.5) is 0 Å². The topological polar surface area (TPSA) is 83.8 Å². The van der Waals surface area contributed by atoms with Crippen LogP contribution >= 0.6 is 0 Å². The van der Waals surface area contributed by atoms with Crippen LogP contribution in [0.3, 0.4) is 0 Å². The first-order chi connectivity index (χ1) is 8.10. The maximum absolute atomic E-state index is 11.2.